The predicted octanol–water partition coefficient (Wildman–Crippen LogP) is 1.41. The van der Waals surface area contributed by atoms with Gasteiger partial charge in [0.25, 0.3) is 0 Å². The average Bonchev–Trinajstić information content (AvgIpc) is 2.50. The van der Waals surface area contributed by atoms with Crippen LogP contribution in [0.15, 0.2) is 12.7 Å². The second-order valence-corrected chi connectivity index (χ2v) is 3.22. The van der Waals surface area contributed by atoms with Gasteiger partial charge in [0.15, 0.2) is 0 Å². The molecule has 1 saturated heterocycles. The number of likely N-dealkylation sites (N-methyl/N-ethyl adjacent to an activating group) is 1. The van der Waals surface area contributed by atoms with Crippen LogP contribution in [0.25, 0.3) is 0 Å². The number of unbranched alkanes of at least 4 members (excludes halogenated alkanes) is 1. The lowest BCUT2D eigenvalue weighted by Crippen LogP contribution is -2.20. The first-order valence-corrected chi connectivity index (χ1v) is 3.71. The maximum Gasteiger partial charge on any atom is 0.128 e. The Kier molecular flexibility index (Phi) is 1.91. The number of nitrogens with zero attached hydrogens (tertiary/aromatic N) is 1. The van der Waals surface area contributed by atoms with Gasteiger partial charge in [0.05, 0.1) is 13.6 Å². The molecule has 1 fully saturated rings. The Morgan fingerprint density at radius 1 is 1.56 bits per heavy atom. The van der Waals surface area contributed by atoms with E-state index >= 15 is 0 Å². The van der Waals surface area contributed by atoms with Crippen LogP contribution in [0.2, 0.25) is 0 Å². The van der Waals surface area contributed by atoms with Crippen LogP contribution in [0.5, 0.6) is 0 Å². The number of hydrogen-bond donors (Lipinski definition) is 0. The van der Waals surface area contributed by atoms with Crippen molar-refractivity contribution in [3.05, 3.63) is 12.7 Å². The molecule has 9 heavy (non-hydrogen) atoms. The van der Waals surface area contributed by atoms with Crippen LogP contribution in [-0.2, 0) is 0 Å². The van der Waals surface area contributed by atoms with Crippen molar-refractivity contribution in [1.82, 2.24) is 0 Å². The summed E-state index contributed by atoms with van der Waals surface area (Å²) in [5, 5.41) is 0. The summed E-state index contributed by atoms with van der Waals surface area (Å²) in [4.78, 5) is 0. The molecule has 0 N–H and O–H groups in total. The van der Waals surface area contributed by atoms with Gasteiger partial charge < -0.3 is 4.48 Å². The second-order valence-electron chi connectivity index (χ2n) is 3.22. The van der Waals surface area contributed by atoms with Crippen LogP contribution >= 0.6 is 0 Å². The topological polar surface area (TPSA) is 0 Å². The molecule has 0 bridgehead atoms. The molecule has 1 rings (SSSR count). The quantitative estimate of drug-likeness (QED) is 0.231. The van der Waals surface area contributed by atoms with E-state index in [0.717, 1.165) is 0 Å². The van der Waals surface area contributed by atoms with E-state index in [9.17, 15) is 0 Å². The number of quaternary nitrogens is 1. The van der Waals surface area contributed by atoms with Crippen molar-refractivity contribution in [3.8, 4) is 0 Å². The molecule has 52 valence electrons. The van der Waals surface area contributed by atoms with Gasteiger partial charge in [-0.15, -0.1) is 6.58 Å². The van der Waals surface area contributed by atoms with Gasteiger partial charge in [-0.3, -0.25) is 0 Å². The van der Waals surface area contributed by atoms with Gasteiger partial charge in [0, 0.05) is 0 Å². The Hall–Kier alpha value is -0.300. The van der Waals surface area contributed by atoms with E-state index in [-0.39, 0.29) is 0 Å². The van der Waals surface area contributed by atoms with Gasteiger partial charge >= 0.3 is 0 Å². The van der Waals surface area contributed by atoms with Crippen molar-refractivity contribution in [3.63, 3.8) is 0 Å². The Bertz CT molecular complexity index is 103. The number of allylic oxidation sites excluding steroid dienone is 1. The van der Waals surface area contributed by atoms with Crippen molar-refractivity contribution in [2.24, 2.45) is 0 Å². The summed E-state index contributed by atoms with van der Waals surface area (Å²) < 4.78 is 1.31. The van der Waals surface area contributed by atoms with Crippen molar-refractivity contribution < 1.29 is 4.48 Å². The van der Waals surface area contributed by atoms with E-state index in [1.54, 1.807) is 0 Å². The highest BCUT2D eigenvalue weighted by atomic mass is 15.4. The molecule has 0 aromatic rings. The summed E-state index contributed by atoms with van der Waals surface area (Å²) in [6, 6.07) is 0. The largest absolute Gasteiger partial charge is 0.317 e. The van der Waals surface area contributed by atoms with Crippen LogP contribution in [0.4, 0.5) is 0 Å². The number of rotatable bonds is 4. The third-order valence-corrected chi connectivity index (χ3v) is 2.09. The molecule has 0 radical (unpaired) electrons. The van der Waals surface area contributed by atoms with Crippen LogP contribution in [0.3, 0.4) is 0 Å². The molecule has 0 aromatic heterocycles. The van der Waals surface area contributed by atoms with Crippen LogP contribution < -0.4 is 0 Å². The first-order valence-electron chi connectivity index (χ1n) is 3.71. The zero-order valence-corrected chi connectivity index (χ0v) is 6.27. The van der Waals surface area contributed by atoms with E-state index in [1.165, 1.54) is 37.0 Å². The van der Waals surface area contributed by atoms with Gasteiger partial charge in [-0.25, -0.2) is 0 Å². The standard InChI is InChI=1S/C8H16N/c1-3-4-5-6-9(2)7-8-9/h3H,1,4-8H2,2H3/q+1. The van der Waals surface area contributed by atoms with Gasteiger partial charge in [-0.1, -0.05) is 6.08 Å². The van der Waals surface area contributed by atoms with Gasteiger partial charge in [-0.05, 0) is 12.8 Å². The van der Waals surface area contributed by atoms with Crippen molar-refractivity contribution in [1.29, 1.82) is 0 Å². The molecule has 0 aliphatic carbocycles. The number of hydrogen-bond acceptors (Lipinski definition) is 0. The molecule has 1 heteroatoms. The zero-order chi connectivity index (χ0) is 6.74. The van der Waals surface area contributed by atoms with E-state index in [0.29, 0.717) is 0 Å². The van der Waals surface area contributed by atoms with Gasteiger partial charge in [0.1, 0.15) is 13.1 Å². The third-order valence-electron chi connectivity index (χ3n) is 2.09. The van der Waals surface area contributed by atoms with E-state index in [4.69, 9.17) is 0 Å². The highest BCUT2D eigenvalue weighted by Crippen LogP contribution is 2.17. The first-order chi connectivity index (χ1) is 4.27. The predicted molar refractivity (Wildman–Crippen MR) is 40.2 cm³/mol. The van der Waals surface area contributed by atoms with Crippen molar-refractivity contribution >= 4 is 0 Å². The molecule has 0 amide bonds. The minimum atomic E-state index is 1.19. The molecule has 0 spiro atoms. The normalized spacial score (nSPS) is 21.4. The van der Waals surface area contributed by atoms with Gasteiger partial charge in [0.2, 0.25) is 0 Å². The summed E-state index contributed by atoms with van der Waals surface area (Å²) >= 11 is 0. The van der Waals surface area contributed by atoms with Gasteiger partial charge in [-0.2, -0.15) is 0 Å². The third kappa shape index (κ3) is 2.19. The maximum atomic E-state index is 3.69. The maximum absolute atomic E-state index is 3.69. The van der Waals surface area contributed by atoms with Crippen molar-refractivity contribution in [2.75, 3.05) is 26.7 Å². The lowest BCUT2D eigenvalue weighted by molar-refractivity contribution is -0.777. The lowest BCUT2D eigenvalue weighted by Gasteiger charge is -2.09. The van der Waals surface area contributed by atoms with Crippen LogP contribution in [0.1, 0.15) is 12.8 Å². The summed E-state index contributed by atoms with van der Waals surface area (Å²) in [5.74, 6) is 0. The van der Waals surface area contributed by atoms with Crippen LogP contribution in [-0.4, -0.2) is 31.2 Å². The summed E-state index contributed by atoms with van der Waals surface area (Å²) in [6.45, 7) is 7.85. The van der Waals surface area contributed by atoms with Crippen LogP contribution in [0, 0.1) is 0 Å². The lowest BCUT2D eigenvalue weighted by atomic mass is 10.3. The Morgan fingerprint density at radius 2 is 2.22 bits per heavy atom. The molecule has 1 heterocycles. The molecule has 1 aliphatic rings. The summed E-state index contributed by atoms with van der Waals surface area (Å²) in [7, 11) is 2.32. The first kappa shape index (κ1) is 6.81. The van der Waals surface area contributed by atoms with Crippen molar-refractivity contribution in [2.45, 2.75) is 12.8 Å². The molecule has 0 atom stereocenters. The fourth-order valence-corrected chi connectivity index (χ4v) is 1.01. The Morgan fingerprint density at radius 3 is 2.67 bits per heavy atom. The summed E-state index contributed by atoms with van der Waals surface area (Å²) in [6.07, 6.45) is 4.52. The molecule has 0 aromatic carbocycles. The molecule has 1 aliphatic heterocycles. The zero-order valence-electron chi connectivity index (χ0n) is 6.27. The molecular formula is C8H16N+. The Balaban J connectivity index is 1.98. The summed E-state index contributed by atoms with van der Waals surface area (Å²) in [5.41, 5.74) is 0. The minimum Gasteiger partial charge on any atom is -0.317 e. The fraction of sp³-hybridized carbons (Fsp3) is 0.750. The molecule has 0 unspecified atom stereocenters. The minimum absolute atomic E-state index is 1.19. The fourth-order valence-electron chi connectivity index (χ4n) is 1.01. The van der Waals surface area contributed by atoms with E-state index < -0.39 is 0 Å². The SMILES string of the molecule is C=CCCC[N+]1(C)CC1. The molecule has 0 saturated carbocycles. The Labute approximate surface area is 57.6 Å². The molecular weight excluding hydrogens is 110 g/mol. The molecule has 1 nitrogen and oxygen atoms in total. The van der Waals surface area contributed by atoms with E-state index in [2.05, 4.69) is 13.6 Å². The highest BCUT2D eigenvalue weighted by Gasteiger charge is 2.35. The second kappa shape index (κ2) is 2.53. The highest BCUT2D eigenvalue weighted by molar-refractivity contribution is 4.66. The smallest absolute Gasteiger partial charge is 0.128 e. The van der Waals surface area contributed by atoms with E-state index in [1.807, 2.05) is 6.08 Å². The monoisotopic (exact) mass is 126 g/mol. The average molecular weight is 126 g/mol.